The number of unbranched alkanes of at least 4 members (excludes halogenated alkanes) is 3. The summed E-state index contributed by atoms with van der Waals surface area (Å²) in [5, 5.41) is 3.36. The van der Waals surface area contributed by atoms with Gasteiger partial charge in [-0.25, -0.2) is 4.98 Å². The van der Waals surface area contributed by atoms with Crippen molar-refractivity contribution in [1.82, 2.24) is 9.97 Å². The molecule has 0 radical (unpaired) electrons. The molecule has 0 saturated heterocycles. The topological polar surface area (TPSA) is 41.1 Å². The van der Waals surface area contributed by atoms with Gasteiger partial charge in [0, 0.05) is 26.8 Å². The third kappa shape index (κ3) is 6.99. The number of rotatable bonds is 9. The van der Waals surface area contributed by atoms with E-state index in [1.807, 2.05) is 25.1 Å². The van der Waals surface area contributed by atoms with Crippen LogP contribution in [-0.2, 0) is 0 Å². The van der Waals surface area contributed by atoms with Gasteiger partial charge in [0.2, 0.25) is 5.95 Å². The number of anilines is 2. The minimum atomic E-state index is 0.752. The first-order valence-corrected chi connectivity index (χ1v) is 7.34. The predicted molar refractivity (Wildman–Crippen MR) is 82.8 cm³/mol. The second-order valence-corrected chi connectivity index (χ2v) is 5.66. The average molecular weight is 264 g/mol. The van der Waals surface area contributed by atoms with Crippen LogP contribution in [0.3, 0.4) is 0 Å². The van der Waals surface area contributed by atoms with Gasteiger partial charge in [-0.3, -0.25) is 0 Å². The van der Waals surface area contributed by atoms with Crippen molar-refractivity contribution in [2.24, 2.45) is 5.92 Å². The van der Waals surface area contributed by atoms with E-state index in [-0.39, 0.29) is 0 Å². The summed E-state index contributed by atoms with van der Waals surface area (Å²) in [6.45, 7) is 5.57. The van der Waals surface area contributed by atoms with Crippen molar-refractivity contribution in [2.45, 2.75) is 46.0 Å². The van der Waals surface area contributed by atoms with Crippen LogP contribution in [0.1, 0.15) is 46.0 Å². The molecule has 108 valence electrons. The van der Waals surface area contributed by atoms with E-state index in [1.54, 1.807) is 6.20 Å². The monoisotopic (exact) mass is 264 g/mol. The molecule has 0 amide bonds. The van der Waals surface area contributed by atoms with Gasteiger partial charge in [0.15, 0.2) is 0 Å². The fourth-order valence-corrected chi connectivity index (χ4v) is 1.91. The van der Waals surface area contributed by atoms with Gasteiger partial charge in [0.05, 0.1) is 0 Å². The third-order valence-corrected chi connectivity index (χ3v) is 3.06. The summed E-state index contributed by atoms with van der Waals surface area (Å²) in [5.74, 6) is 2.51. The first-order valence-electron chi connectivity index (χ1n) is 7.34. The Kier molecular flexibility index (Phi) is 7.23. The molecule has 0 aliphatic rings. The van der Waals surface area contributed by atoms with Crippen molar-refractivity contribution < 1.29 is 0 Å². The lowest BCUT2D eigenvalue weighted by Gasteiger charge is -2.11. The van der Waals surface area contributed by atoms with E-state index < -0.39 is 0 Å². The van der Waals surface area contributed by atoms with Crippen molar-refractivity contribution >= 4 is 11.8 Å². The van der Waals surface area contributed by atoms with E-state index in [0.29, 0.717) is 0 Å². The van der Waals surface area contributed by atoms with E-state index in [4.69, 9.17) is 0 Å². The average Bonchev–Trinajstić information content (AvgIpc) is 2.37. The predicted octanol–water partition coefficient (Wildman–Crippen LogP) is 3.56. The number of nitrogens with zero attached hydrogens (tertiary/aromatic N) is 3. The summed E-state index contributed by atoms with van der Waals surface area (Å²) in [7, 11) is 3.90. The van der Waals surface area contributed by atoms with Gasteiger partial charge >= 0.3 is 0 Å². The quantitative estimate of drug-likeness (QED) is 0.692. The first-order chi connectivity index (χ1) is 9.09. The van der Waals surface area contributed by atoms with Gasteiger partial charge in [0.25, 0.3) is 0 Å². The Hall–Kier alpha value is -1.32. The number of aromatic nitrogens is 2. The molecule has 4 heteroatoms. The Morgan fingerprint density at radius 3 is 2.58 bits per heavy atom. The van der Waals surface area contributed by atoms with Crippen molar-refractivity contribution in [2.75, 3.05) is 30.9 Å². The van der Waals surface area contributed by atoms with Crippen LogP contribution in [0.5, 0.6) is 0 Å². The Morgan fingerprint density at radius 1 is 1.16 bits per heavy atom. The van der Waals surface area contributed by atoms with Crippen LogP contribution >= 0.6 is 0 Å². The molecular weight excluding hydrogens is 236 g/mol. The number of hydrogen-bond acceptors (Lipinski definition) is 4. The highest BCUT2D eigenvalue weighted by molar-refractivity contribution is 5.40. The number of nitrogens with one attached hydrogen (secondary N) is 1. The Morgan fingerprint density at radius 2 is 1.89 bits per heavy atom. The zero-order chi connectivity index (χ0) is 14.1. The molecule has 0 atom stereocenters. The molecule has 1 aromatic rings. The van der Waals surface area contributed by atoms with Crippen molar-refractivity contribution in [3.05, 3.63) is 12.3 Å². The maximum Gasteiger partial charge on any atom is 0.226 e. The summed E-state index contributed by atoms with van der Waals surface area (Å²) in [5.41, 5.74) is 0. The van der Waals surface area contributed by atoms with Crippen LogP contribution in [0.25, 0.3) is 0 Å². The fraction of sp³-hybridized carbons (Fsp3) is 0.733. The van der Waals surface area contributed by atoms with Gasteiger partial charge < -0.3 is 10.2 Å². The Balaban J connectivity index is 2.14. The highest BCUT2D eigenvalue weighted by Crippen LogP contribution is 2.11. The molecule has 19 heavy (non-hydrogen) atoms. The number of hydrogen-bond donors (Lipinski definition) is 1. The molecule has 0 spiro atoms. The maximum atomic E-state index is 4.43. The molecule has 0 aliphatic carbocycles. The molecule has 0 fully saturated rings. The first kappa shape index (κ1) is 15.7. The van der Waals surface area contributed by atoms with Crippen LogP contribution in [0, 0.1) is 5.92 Å². The highest BCUT2D eigenvalue weighted by Gasteiger charge is 2.00. The lowest BCUT2D eigenvalue weighted by atomic mass is 10.0. The van der Waals surface area contributed by atoms with E-state index in [1.165, 1.54) is 32.1 Å². The molecule has 1 N–H and O–H groups in total. The summed E-state index contributed by atoms with van der Waals surface area (Å²) >= 11 is 0. The maximum absolute atomic E-state index is 4.43. The van der Waals surface area contributed by atoms with Crippen LogP contribution in [-0.4, -0.2) is 30.6 Å². The lowest BCUT2D eigenvalue weighted by Crippen LogP contribution is -2.14. The summed E-state index contributed by atoms with van der Waals surface area (Å²) in [4.78, 5) is 10.5. The molecule has 4 nitrogen and oxygen atoms in total. The Labute approximate surface area is 117 Å². The summed E-state index contributed by atoms with van der Waals surface area (Å²) in [6, 6.07) is 1.92. The van der Waals surface area contributed by atoms with E-state index in [9.17, 15) is 0 Å². The fourth-order valence-electron chi connectivity index (χ4n) is 1.91. The second kappa shape index (κ2) is 8.73. The molecule has 0 aromatic carbocycles. The minimum absolute atomic E-state index is 0.752. The molecule has 1 aromatic heterocycles. The van der Waals surface area contributed by atoms with Crippen LogP contribution in [0.15, 0.2) is 12.3 Å². The normalized spacial score (nSPS) is 10.8. The smallest absolute Gasteiger partial charge is 0.226 e. The van der Waals surface area contributed by atoms with Gasteiger partial charge in [-0.2, -0.15) is 4.98 Å². The molecule has 0 unspecified atom stereocenters. The molecule has 0 aliphatic heterocycles. The minimum Gasteiger partial charge on any atom is -0.370 e. The molecule has 1 rings (SSSR count). The Bertz CT molecular complexity index is 350. The zero-order valence-corrected chi connectivity index (χ0v) is 12.8. The molecule has 0 bridgehead atoms. The summed E-state index contributed by atoms with van der Waals surface area (Å²) < 4.78 is 0. The lowest BCUT2D eigenvalue weighted by molar-refractivity contribution is 0.523. The second-order valence-electron chi connectivity index (χ2n) is 5.66. The summed E-state index contributed by atoms with van der Waals surface area (Å²) in [6.07, 6.45) is 8.35. The highest BCUT2D eigenvalue weighted by atomic mass is 15.2. The van der Waals surface area contributed by atoms with Gasteiger partial charge in [-0.1, -0.05) is 39.5 Å². The van der Waals surface area contributed by atoms with E-state index >= 15 is 0 Å². The molecular formula is C15H28N4. The molecule has 0 saturated carbocycles. The third-order valence-electron chi connectivity index (χ3n) is 3.06. The largest absolute Gasteiger partial charge is 0.370 e. The van der Waals surface area contributed by atoms with E-state index in [0.717, 1.165) is 24.2 Å². The van der Waals surface area contributed by atoms with Crippen molar-refractivity contribution in [3.63, 3.8) is 0 Å². The molecule has 1 heterocycles. The zero-order valence-electron chi connectivity index (χ0n) is 12.8. The van der Waals surface area contributed by atoms with Crippen molar-refractivity contribution in [3.8, 4) is 0 Å². The van der Waals surface area contributed by atoms with Gasteiger partial charge in [-0.05, 0) is 18.4 Å². The van der Waals surface area contributed by atoms with Crippen LogP contribution < -0.4 is 10.2 Å². The standard InChI is InChI=1S/C15H28N4/c1-13(2)9-7-5-6-8-11-16-14-10-12-17-15(18-14)19(3)4/h10,12-13H,5-9,11H2,1-4H3,(H,16,17,18). The van der Waals surface area contributed by atoms with Crippen LogP contribution in [0.4, 0.5) is 11.8 Å². The van der Waals surface area contributed by atoms with Crippen molar-refractivity contribution in [1.29, 1.82) is 0 Å². The SMILES string of the molecule is CC(C)CCCCCCNc1ccnc(N(C)C)n1. The van der Waals surface area contributed by atoms with Crippen LogP contribution in [0.2, 0.25) is 0 Å². The van der Waals surface area contributed by atoms with Gasteiger partial charge in [-0.15, -0.1) is 0 Å². The van der Waals surface area contributed by atoms with E-state index in [2.05, 4.69) is 29.1 Å². The van der Waals surface area contributed by atoms with Gasteiger partial charge in [0.1, 0.15) is 5.82 Å².